The molecule has 0 aliphatic carbocycles. The number of ether oxygens (including phenoxy) is 1. The number of rotatable bonds is 8. The van der Waals surface area contributed by atoms with Gasteiger partial charge in [-0.2, -0.15) is 13.7 Å². The summed E-state index contributed by atoms with van der Waals surface area (Å²) in [4.78, 5) is 12.3. The minimum atomic E-state index is -4.32. The maximum absolute atomic E-state index is 12.7. The Bertz CT molecular complexity index is 972. The minimum Gasteiger partial charge on any atom is -0.458 e. The second-order valence-electron chi connectivity index (χ2n) is 7.56. The second-order valence-corrected chi connectivity index (χ2v) is 9.10. The van der Waals surface area contributed by atoms with Crippen LogP contribution >= 0.6 is 0 Å². The van der Waals surface area contributed by atoms with Crippen LogP contribution < -0.4 is 0 Å². The van der Waals surface area contributed by atoms with Gasteiger partial charge in [0.15, 0.2) is 6.10 Å². The van der Waals surface area contributed by atoms with Crippen LogP contribution in [-0.2, 0) is 30.3 Å². The number of hydrogen-bond acceptors (Lipinski definition) is 6. The zero-order valence-electron chi connectivity index (χ0n) is 16.8. The van der Waals surface area contributed by atoms with Crippen molar-refractivity contribution in [1.29, 1.82) is 5.26 Å². The second kappa shape index (κ2) is 9.68. The highest BCUT2D eigenvalue weighted by molar-refractivity contribution is 7.86. The molecular formula is C22H25NO5S. The molecule has 7 heteroatoms. The predicted molar refractivity (Wildman–Crippen MR) is 108 cm³/mol. The molecule has 0 saturated carbocycles. The highest BCUT2D eigenvalue weighted by Gasteiger charge is 2.32. The van der Waals surface area contributed by atoms with Crippen LogP contribution in [0.25, 0.3) is 0 Å². The summed E-state index contributed by atoms with van der Waals surface area (Å²) in [6.45, 7) is 5.10. The van der Waals surface area contributed by atoms with E-state index >= 15 is 0 Å². The zero-order chi connectivity index (χ0) is 21.5. The molecule has 0 radical (unpaired) electrons. The molecule has 0 spiro atoms. The lowest BCUT2D eigenvalue weighted by Crippen LogP contribution is -2.35. The van der Waals surface area contributed by atoms with E-state index in [4.69, 9.17) is 8.92 Å². The van der Waals surface area contributed by atoms with E-state index in [1.54, 1.807) is 26.8 Å². The summed E-state index contributed by atoms with van der Waals surface area (Å²) in [5.41, 5.74) is 0.250. The SMILES string of the molecule is CC(C)(C)OC(=O)[C@@H](CCCc1ccccc1)OS(=O)(=O)c1ccccc1C#N. The molecule has 0 aromatic heterocycles. The van der Waals surface area contributed by atoms with Crippen molar-refractivity contribution in [2.24, 2.45) is 0 Å². The van der Waals surface area contributed by atoms with Gasteiger partial charge in [0.1, 0.15) is 16.6 Å². The lowest BCUT2D eigenvalue weighted by Gasteiger charge is -2.24. The zero-order valence-corrected chi connectivity index (χ0v) is 17.6. The average Bonchev–Trinajstić information content (AvgIpc) is 2.66. The van der Waals surface area contributed by atoms with Crippen molar-refractivity contribution in [3.63, 3.8) is 0 Å². The molecule has 0 heterocycles. The van der Waals surface area contributed by atoms with Gasteiger partial charge < -0.3 is 4.74 Å². The van der Waals surface area contributed by atoms with Crippen molar-refractivity contribution in [2.75, 3.05) is 0 Å². The molecule has 0 bridgehead atoms. The first-order valence-corrected chi connectivity index (χ1v) is 10.7. The van der Waals surface area contributed by atoms with Gasteiger partial charge in [0, 0.05) is 0 Å². The Morgan fingerprint density at radius 1 is 1.07 bits per heavy atom. The number of carbonyl (C=O) groups excluding carboxylic acids is 1. The predicted octanol–water partition coefficient (Wildman–Crippen LogP) is 4.00. The molecule has 2 aromatic carbocycles. The molecule has 2 rings (SSSR count). The van der Waals surface area contributed by atoms with Gasteiger partial charge >= 0.3 is 5.97 Å². The van der Waals surface area contributed by atoms with Gasteiger partial charge in [-0.15, -0.1) is 0 Å². The highest BCUT2D eigenvalue weighted by atomic mass is 32.2. The highest BCUT2D eigenvalue weighted by Crippen LogP contribution is 2.22. The topological polar surface area (TPSA) is 93.5 Å². The fourth-order valence-electron chi connectivity index (χ4n) is 2.69. The molecule has 6 nitrogen and oxygen atoms in total. The lowest BCUT2D eigenvalue weighted by atomic mass is 10.1. The molecule has 0 amide bonds. The summed E-state index contributed by atoms with van der Waals surface area (Å²) < 4.78 is 36.1. The maximum Gasteiger partial charge on any atom is 0.337 e. The summed E-state index contributed by atoms with van der Waals surface area (Å²) in [6, 6.07) is 17.2. The van der Waals surface area contributed by atoms with E-state index in [9.17, 15) is 18.5 Å². The summed E-state index contributed by atoms with van der Waals surface area (Å²) in [5, 5.41) is 9.18. The molecule has 0 saturated heterocycles. The van der Waals surface area contributed by atoms with Crippen molar-refractivity contribution < 1.29 is 22.1 Å². The molecule has 0 aliphatic heterocycles. The smallest absolute Gasteiger partial charge is 0.337 e. The summed E-state index contributed by atoms with van der Waals surface area (Å²) in [7, 11) is -4.32. The number of carbonyl (C=O) groups is 1. The van der Waals surface area contributed by atoms with Crippen LogP contribution in [0.5, 0.6) is 0 Å². The first kappa shape index (κ1) is 22.6. The maximum atomic E-state index is 12.7. The van der Waals surface area contributed by atoms with Gasteiger partial charge in [-0.3, -0.25) is 4.18 Å². The van der Waals surface area contributed by atoms with E-state index in [2.05, 4.69) is 0 Å². The fourth-order valence-corrected chi connectivity index (χ4v) is 3.90. The van der Waals surface area contributed by atoms with E-state index in [1.807, 2.05) is 36.4 Å². The van der Waals surface area contributed by atoms with Crippen LogP contribution in [-0.4, -0.2) is 26.1 Å². The fraction of sp³-hybridized carbons (Fsp3) is 0.364. The molecule has 0 aliphatic rings. The number of nitrogens with zero attached hydrogens (tertiary/aromatic N) is 1. The Kier molecular flexibility index (Phi) is 7.54. The van der Waals surface area contributed by atoms with E-state index < -0.39 is 27.8 Å². The third-order valence-electron chi connectivity index (χ3n) is 3.96. The van der Waals surface area contributed by atoms with E-state index in [0.717, 1.165) is 5.56 Å². The van der Waals surface area contributed by atoms with Crippen LogP contribution in [0, 0.1) is 11.3 Å². The third-order valence-corrected chi connectivity index (χ3v) is 5.34. The standard InChI is InChI=1S/C22H25NO5S/c1-22(2,3)27-21(24)19(14-9-12-17-10-5-4-6-11-17)28-29(25,26)20-15-8-7-13-18(20)16-23/h4-8,10-11,13,15,19H,9,12,14H2,1-3H3/t19-/m1/s1. The van der Waals surface area contributed by atoms with Crippen molar-refractivity contribution in [3.8, 4) is 6.07 Å². The molecular weight excluding hydrogens is 390 g/mol. The van der Waals surface area contributed by atoms with Crippen molar-refractivity contribution in [3.05, 3.63) is 65.7 Å². The molecule has 1 atom stereocenters. The van der Waals surface area contributed by atoms with Gasteiger partial charge in [-0.1, -0.05) is 42.5 Å². The number of nitriles is 1. The summed E-state index contributed by atoms with van der Waals surface area (Å²) in [5.74, 6) is -0.747. The normalized spacial score (nSPS) is 12.8. The van der Waals surface area contributed by atoms with Crippen molar-refractivity contribution >= 4 is 16.1 Å². The third kappa shape index (κ3) is 7.00. The Hall–Kier alpha value is -2.69. The lowest BCUT2D eigenvalue weighted by molar-refractivity contribution is -0.163. The first-order chi connectivity index (χ1) is 13.6. The molecule has 0 unspecified atom stereocenters. The van der Waals surface area contributed by atoms with Gasteiger partial charge in [0.2, 0.25) is 0 Å². The van der Waals surface area contributed by atoms with E-state index in [0.29, 0.717) is 12.8 Å². The van der Waals surface area contributed by atoms with Crippen LogP contribution in [0.15, 0.2) is 59.5 Å². The number of hydrogen-bond donors (Lipinski definition) is 0. The average molecular weight is 416 g/mol. The van der Waals surface area contributed by atoms with Crippen LogP contribution in [0.3, 0.4) is 0 Å². The van der Waals surface area contributed by atoms with Gasteiger partial charge in [0.05, 0.1) is 5.56 Å². The first-order valence-electron chi connectivity index (χ1n) is 9.31. The van der Waals surface area contributed by atoms with Gasteiger partial charge in [-0.25, -0.2) is 4.79 Å². The molecule has 154 valence electrons. The number of esters is 1. The van der Waals surface area contributed by atoms with Crippen molar-refractivity contribution in [1.82, 2.24) is 0 Å². The minimum absolute atomic E-state index is 0.0419. The monoisotopic (exact) mass is 415 g/mol. The Labute approximate surface area is 172 Å². The Morgan fingerprint density at radius 2 is 1.69 bits per heavy atom. The molecule has 0 N–H and O–H groups in total. The quantitative estimate of drug-likeness (QED) is 0.478. The van der Waals surface area contributed by atoms with Crippen LogP contribution in [0.1, 0.15) is 44.7 Å². The van der Waals surface area contributed by atoms with Gasteiger partial charge in [-0.05, 0) is 57.7 Å². The Morgan fingerprint density at radius 3 is 2.31 bits per heavy atom. The van der Waals surface area contributed by atoms with E-state index in [-0.39, 0.29) is 16.9 Å². The number of benzene rings is 2. The Balaban J connectivity index is 2.19. The van der Waals surface area contributed by atoms with Gasteiger partial charge in [0.25, 0.3) is 10.1 Å². The van der Waals surface area contributed by atoms with Crippen LogP contribution in [0.2, 0.25) is 0 Å². The molecule has 29 heavy (non-hydrogen) atoms. The van der Waals surface area contributed by atoms with E-state index in [1.165, 1.54) is 18.2 Å². The van der Waals surface area contributed by atoms with Crippen molar-refractivity contribution in [2.45, 2.75) is 56.6 Å². The van der Waals surface area contributed by atoms with Crippen LogP contribution in [0.4, 0.5) is 0 Å². The summed E-state index contributed by atoms with van der Waals surface area (Å²) in [6.07, 6.45) is 0.0640. The molecule has 0 fully saturated rings. The summed E-state index contributed by atoms with van der Waals surface area (Å²) >= 11 is 0. The number of aryl methyl sites for hydroxylation is 1. The molecule has 2 aromatic rings. The largest absolute Gasteiger partial charge is 0.458 e.